The van der Waals surface area contributed by atoms with Gasteiger partial charge < -0.3 is 15.5 Å². The molecule has 2 aromatic rings. The van der Waals surface area contributed by atoms with Crippen molar-refractivity contribution < 1.29 is 27.7 Å². The van der Waals surface area contributed by atoms with Crippen LogP contribution in [0, 0.1) is 16.0 Å². The largest absolute Gasteiger partial charge is 0.416 e. The lowest BCUT2D eigenvalue weighted by atomic mass is 9.95. The van der Waals surface area contributed by atoms with Gasteiger partial charge in [0.05, 0.1) is 21.7 Å². The minimum absolute atomic E-state index is 0.0924. The zero-order chi connectivity index (χ0) is 24.9. The molecule has 182 valence electrons. The number of nitrogens with one attached hydrogen (secondary N) is 2. The molecule has 0 aromatic heterocycles. The first kappa shape index (κ1) is 25.0. The number of anilines is 2. The lowest BCUT2D eigenvalue weighted by Crippen LogP contribution is -2.38. The second-order valence-electron chi connectivity index (χ2n) is 8.01. The van der Waals surface area contributed by atoms with Crippen molar-refractivity contribution in [2.45, 2.75) is 32.4 Å². The number of carbonyl (C=O) groups is 2. The number of nitrogens with zero attached hydrogens (tertiary/aromatic N) is 2. The molecule has 1 aliphatic rings. The highest BCUT2D eigenvalue weighted by Gasteiger charge is 2.35. The molecule has 1 heterocycles. The summed E-state index contributed by atoms with van der Waals surface area (Å²) in [7, 11) is 0. The van der Waals surface area contributed by atoms with Crippen LogP contribution >= 0.6 is 0 Å². The van der Waals surface area contributed by atoms with Crippen molar-refractivity contribution in [2.24, 2.45) is 5.92 Å². The number of alkyl halides is 3. The molecular formula is C23H25F3N4O4. The average molecular weight is 478 g/mol. The Kier molecular flexibility index (Phi) is 7.75. The topological polar surface area (TPSA) is 105 Å². The third-order valence-electron chi connectivity index (χ3n) is 5.67. The molecular weight excluding hydrogens is 453 g/mol. The molecule has 11 heteroatoms. The van der Waals surface area contributed by atoms with E-state index < -0.39 is 28.3 Å². The molecule has 2 aromatic carbocycles. The van der Waals surface area contributed by atoms with Crippen molar-refractivity contribution in [3.8, 4) is 0 Å². The SMILES string of the molecule is CCCNC(=O)c1ccccc1NC(=O)C1CCN(c2ccc(C(F)(F)F)cc2[N+](=O)[O-])CC1. The maximum absolute atomic E-state index is 13.0. The Morgan fingerprint density at radius 2 is 1.82 bits per heavy atom. The van der Waals surface area contributed by atoms with Gasteiger partial charge in [-0.15, -0.1) is 0 Å². The summed E-state index contributed by atoms with van der Waals surface area (Å²) in [5.74, 6) is -0.976. The van der Waals surface area contributed by atoms with Gasteiger partial charge in [-0.3, -0.25) is 19.7 Å². The summed E-state index contributed by atoms with van der Waals surface area (Å²) in [4.78, 5) is 37.4. The molecule has 1 saturated heterocycles. The van der Waals surface area contributed by atoms with E-state index in [1.165, 1.54) is 0 Å². The quantitative estimate of drug-likeness (QED) is 0.447. The zero-order valence-electron chi connectivity index (χ0n) is 18.5. The number of carbonyl (C=O) groups excluding carboxylic acids is 2. The number of piperidine rings is 1. The molecule has 1 aliphatic heterocycles. The molecule has 0 bridgehead atoms. The Morgan fingerprint density at radius 1 is 1.15 bits per heavy atom. The number of nitro groups is 1. The van der Waals surface area contributed by atoms with Crippen LogP contribution in [0.4, 0.5) is 30.2 Å². The summed E-state index contributed by atoms with van der Waals surface area (Å²) in [6, 6.07) is 9.12. The van der Waals surface area contributed by atoms with Gasteiger partial charge in [-0.25, -0.2) is 0 Å². The van der Waals surface area contributed by atoms with Crippen LogP contribution in [0.15, 0.2) is 42.5 Å². The molecule has 34 heavy (non-hydrogen) atoms. The van der Waals surface area contributed by atoms with E-state index in [1.807, 2.05) is 6.92 Å². The highest BCUT2D eigenvalue weighted by atomic mass is 19.4. The molecule has 0 unspecified atom stereocenters. The highest BCUT2D eigenvalue weighted by molar-refractivity contribution is 6.04. The van der Waals surface area contributed by atoms with Gasteiger partial charge in [0.2, 0.25) is 5.91 Å². The minimum atomic E-state index is -4.68. The fourth-order valence-corrected chi connectivity index (χ4v) is 3.85. The van der Waals surface area contributed by atoms with E-state index in [4.69, 9.17) is 0 Å². The van der Waals surface area contributed by atoms with Crippen molar-refractivity contribution in [1.82, 2.24) is 5.32 Å². The Balaban J connectivity index is 1.68. The van der Waals surface area contributed by atoms with Crippen molar-refractivity contribution in [2.75, 3.05) is 29.9 Å². The zero-order valence-corrected chi connectivity index (χ0v) is 18.5. The first-order valence-corrected chi connectivity index (χ1v) is 10.9. The van der Waals surface area contributed by atoms with E-state index in [-0.39, 0.29) is 30.6 Å². The fraction of sp³-hybridized carbons (Fsp3) is 0.391. The Labute approximate surface area is 194 Å². The van der Waals surface area contributed by atoms with Crippen molar-refractivity contribution in [1.29, 1.82) is 0 Å². The summed E-state index contributed by atoms with van der Waals surface area (Å²) in [6.45, 7) is 2.97. The monoisotopic (exact) mass is 478 g/mol. The molecule has 3 rings (SSSR count). The van der Waals surface area contributed by atoms with Crippen LogP contribution in [0.25, 0.3) is 0 Å². The average Bonchev–Trinajstić information content (AvgIpc) is 2.82. The molecule has 0 saturated carbocycles. The van der Waals surface area contributed by atoms with Crippen LogP contribution in [0.3, 0.4) is 0 Å². The van der Waals surface area contributed by atoms with E-state index in [0.29, 0.717) is 36.7 Å². The number of hydrogen-bond acceptors (Lipinski definition) is 5. The summed E-state index contributed by atoms with van der Waals surface area (Å²) >= 11 is 0. The maximum Gasteiger partial charge on any atom is 0.416 e. The molecule has 2 amide bonds. The van der Waals surface area contributed by atoms with Gasteiger partial charge in [-0.2, -0.15) is 13.2 Å². The predicted octanol–water partition coefficient (Wildman–Crippen LogP) is 4.61. The second-order valence-corrected chi connectivity index (χ2v) is 8.01. The van der Waals surface area contributed by atoms with E-state index in [2.05, 4.69) is 10.6 Å². The molecule has 2 N–H and O–H groups in total. The standard InChI is InChI=1S/C23H25F3N4O4/c1-2-11-27-22(32)17-5-3-4-6-18(17)28-21(31)15-9-12-29(13-10-15)19-8-7-16(23(24,25)26)14-20(19)30(33)34/h3-8,14-15H,2,9-13H2,1H3,(H,27,32)(H,28,31). The van der Waals surface area contributed by atoms with Crippen LogP contribution < -0.4 is 15.5 Å². The Bertz CT molecular complexity index is 1070. The summed E-state index contributed by atoms with van der Waals surface area (Å²) < 4.78 is 38.9. The molecule has 0 spiro atoms. The number of hydrogen-bond donors (Lipinski definition) is 2. The summed E-state index contributed by atoms with van der Waals surface area (Å²) in [5, 5.41) is 17.0. The number of benzene rings is 2. The van der Waals surface area contributed by atoms with Gasteiger partial charge in [0.15, 0.2) is 0 Å². The normalized spacial score (nSPS) is 14.5. The third kappa shape index (κ3) is 5.83. The van der Waals surface area contributed by atoms with Gasteiger partial charge in [0.25, 0.3) is 11.6 Å². The van der Waals surface area contributed by atoms with E-state index in [0.717, 1.165) is 18.6 Å². The molecule has 8 nitrogen and oxygen atoms in total. The second kappa shape index (κ2) is 10.5. The summed E-state index contributed by atoms with van der Waals surface area (Å²) in [6.07, 6.45) is -3.20. The van der Waals surface area contributed by atoms with Gasteiger partial charge in [-0.1, -0.05) is 19.1 Å². The van der Waals surface area contributed by atoms with Crippen LogP contribution in [-0.4, -0.2) is 36.4 Å². The maximum atomic E-state index is 13.0. The fourth-order valence-electron chi connectivity index (χ4n) is 3.85. The van der Waals surface area contributed by atoms with Crippen LogP contribution in [0.5, 0.6) is 0 Å². The van der Waals surface area contributed by atoms with Gasteiger partial charge in [-0.05, 0) is 43.5 Å². The van der Waals surface area contributed by atoms with E-state index in [9.17, 15) is 32.9 Å². The smallest absolute Gasteiger partial charge is 0.366 e. The van der Waals surface area contributed by atoms with Gasteiger partial charge >= 0.3 is 6.18 Å². The molecule has 0 radical (unpaired) electrons. The highest BCUT2D eigenvalue weighted by Crippen LogP contribution is 2.37. The number of amides is 2. The predicted molar refractivity (Wildman–Crippen MR) is 121 cm³/mol. The molecule has 0 atom stereocenters. The van der Waals surface area contributed by atoms with Crippen LogP contribution in [0.1, 0.15) is 42.1 Å². The van der Waals surface area contributed by atoms with Gasteiger partial charge in [0, 0.05) is 31.6 Å². The first-order chi connectivity index (χ1) is 16.1. The first-order valence-electron chi connectivity index (χ1n) is 10.9. The van der Waals surface area contributed by atoms with Crippen molar-refractivity contribution in [3.63, 3.8) is 0 Å². The van der Waals surface area contributed by atoms with Crippen molar-refractivity contribution in [3.05, 3.63) is 63.7 Å². The number of rotatable bonds is 7. The summed E-state index contributed by atoms with van der Waals surface area (Å²) in [5.41, 5.74) is -0.873. The van der Waals surface area contributed by atoms with E-state index >= 15 is 0 Å². The molecule has 1 fully saturated rings. The third-order valence-corrected chi connectivity index (χ3v) is 5.67. The lowest BCUT2D eigenvalue weighted by Gasteiger charge is -2.32. The van der Waals surface area contributed by atoms with Gasteiger partial charge in [0.1, 0.15) is 5.69 Å². The van der Waals surface area contributed by atoms with E-state index in [1.54, 1.807) is 29.2 Å². The lowest BCUT2D eigenvalue weighted by molar-refractivity contribution is -0.384. The number of halogens is 3. The number of nitro benzene ring substituents is 1. The molecule has 0 aliphatic carbocycles. The van der Waals surface area contributed by atoms with Crippen molar-refractivity contribution >= 4 is 28.9 Å². The Hall–Kier alpha value is -3.63. The minimum Gasteiger partial charge on any atom is -0.366 e. The van der Waals surface area contributed by atoms with Crippen LogP contribution in [-0.2, 0) is 11.0 Å². The Morgan fingerprint density at radius 3 is 2.44 bits per heavy atom. The van der Waals surface area contributed by atoms with Crippen LogP contribution in [0.2, 0.25) is 0 Å². The number of para-hydroxylation sites is 1.